The molecule has 0 spiro atoms. The summed E-state index contributed by atoms with van der Waals surface area (Å²) in [6.45, 7) is 6.22. The van der Waals surface area contributed by atoms with Crippen molar-refractivity contribution < 1.29 is 13.9 Å². The summed E-state index contributed by atoms with van der Waals surface area (Å²) >= 11 is 0. The molecule has 1 heterocycles. The fourth-order valence-electron chi connectivity index (χ4n) is 3.12. The zero-order valence-corrected chi connectivity index (χ0v) is 16.0. The highest BCUT2D eigenvalue weighted by Gasteiger charge is 2.24. The molecule has 6 nitrogen and oxygen atoms in total. The number of halogens is 1. The van der Waals surface area contributed by atoms with E-state index in [-0.39, 0.29) is 11.9 Å². The van der Waals surface area contributed by atoms with E-state index >= 15 is 0 Å². The second-order valence-corrected chi connectivity index (χ2v) is 6.54. The molecule has 2 atom stereocenters. The zero-order valence-electron chi connectivity index (χ0n) is 16.0. The van der Waals surface area contributed by atoms with E-state index in [9.17, 15) is 4.39 Å². The summed E-state index contributed by atoms with van der Waals surface area (Å²) in [6.07, 6.45) is 2.30. The van der Waals surface area contributed by atoms with Gasteiger partial charge in [0.15, 0.2) is 5.96 Å². The minimum atomic E-state index is -0.297. The average Bonchev–Trinajstić information content (AvgIpc) is 3.07. The van der Waals surface area contributed by atoms with Crippen LogP contribution in [-0.4, -0.2) is 69.9 Å². The van der Waals surface area contributed by atoms with E-state index in [0.717, 1.165) is 32.2 Å². The predicted molar refractivity (Wildman–Crippen MR) is 102 cm³/mol. The van der Waals surface area contributed by atoms with Crippen LogP contribution in [0.1, 0.15) is 19.8 Å². The highest BCUT2D eigenvalue weighted by Crippen LogP contribution is 2.16. The van der Waals surface area contributed by atoms with Crippen LogP contribution in [0, 0.1) is 5.82 Å². The number of benzene rings is 1. The average molecular weight is 366 g/mol. The second-order valence-electron chi connectivity index (χ2n) is 6.54. The molecule has 2 unspecified atom stereocenters. The van der Waals surface area contributed by atoms with Crippen LogP contribution < -0.4 is 15.4 Å². The summed E-state index contributed by atoms with van der Waals surface area (Å²) in [6, 6.07) is 6.69. The highest BCUT2D eigenvalue weighted by atomic mass is 19.1. The minimum Gasteiger partial charge on any atom is -0.489 e. The Kier molecular flexibility index (Phi) is 8.64. The van der Waals surface area contributed by atoms with Crippen molar-refractivity contribution in [2.75, 3.05) is 46.9 Å². The minimum absolute atomic E-state index is 0.111. The Morgan fingerprint density at radius 1 is 1.42 bits per heavy atom. The number of hydrogen-bond acceptors (Lipinski definition) is 4. The van der Waals surface area contributed by atoms with Crippen LogP contribution >= 0.6 is 0 Å². The molecule has 1 fully saturated rings. The largest absolute Gasteiger partial charge is 0.489 e. The smallest absolute Gasteiger partial charge is 0.191 e. The molecule has 1 aliphatic heterocycles. The molecule has 146 valence electrons. The molecule has 26 heavy (non-hydrogen) atoms. The molecule has 0 amide bonds. The molecule has 0 bridgehead atoms. The molecule has 1 aromatic rings. The molecular weight excluding hydrogens is 335 g/mol. The van der Waals surface area contributed by atoms with Gasteiger partial charge in [0.1, 0.15) is 17.7 Å². The quantitative estimate of drug-likeness (QED) is 0.516. The van der Waals surface area contributed by atoms with Gasteiger partial charge >= 0.3 is 0 Å². The third-order valence-corrected chi connectivity index (χ3v) is 4.50. The molecule has 0 saturated carbocycles. The Labute approximate surface area is 155 Å². The Bertz CT molecular complexity index is 570. The molecular formula is C19H31FN4O2. The van der Waals surface area contributed by atoms with Crippen molar-refractivity contribution in [2.24, 2.45) is 4.99 Å². The van der Waals surface area contributed by atoms with E-state index in [2.05, 4.69) is 20.5 Å². The topological polar surface area (TPSA) is 58.1 Å². The maximum Gasteiger partial charge on any atom is 0.191 e. The van der Waals surface area contributed by atoms with Crippen molar-refractivity contribution in [3.8, 4) is 5.75 Å². The van der Waals surface area contributed by atoms with Crippen LogP contribution in [0.2, 0.25) is 0 Å². The SMILES string of the molecule is CN=C(NCC(C)Oc1cccc(F)c1)NCC1CCCN1CCOC. The van der Waals surface area contributed by atoms with E-state index in [4.69, 9.17) is 9.47 Å². The van der Waals surface area contributed by atoms with Gasteiger partial charge in [-0.1, -0.05) is 6.07 Å². The van der Waals surface area contributed by atoms with Gasteiger partial charge in [-0.05, 0) is 38.4 Å². The Morgan fingerprint density at radius 2 is 2.27 bits per heavy atom. The van der Waals surface area contributed by atoms with E-state index < -0.39 is 0 Å². The maximum absolute atomic E-state index is 13.2. The first-order valence-electron chi connectivity index (χ1n) is 9.22. The first kappa shape index (κ1) is 20.5. The molecule has 1 aromatic carbocycles. The molecule has 0 aliphatic carbocycles. The van der Waals surface area contributed by atoms with Crippen molar-refractivity contribution in [3.63, 3.8) is 0 Å². The lowest BCUT2D eigenvalue weighted by atomic mass is 10.2. The maximum atomic E-state index is 13.2. The number of hydrogen-bond donors (Lipinski definition) is 2. The van der Waals surface area contributed by atoms with Crippen LogP contribution in [0.3, 0.4) is 0 Å². The van der Waals surface area contributed by atoms with Crippen LogP contribution in [-0.2, 0) is 4.74 Å². The third-order valence-electron chi connectivity index (χ3n) is 4.50. The number of likely N-dealkylation sites (tertiary alicyclic amines) is 1. The van der Waals surface area contributed by atoms with Gasteiger partial charge < -0.3 is 20.1 Å². The molecule has 1 saturated heterocycles. The first-order valence-corrected chi connectivity index (χ1v) is 9.22. The van der Waals surface area contributed by atoms with Gasteiger partial charge in [0.2, 0.25) is 0 Å². The summed E-state index contributed by atoms with van der Waals surface area (Å²) in [5.41, 5.74) is 0. The highest BCUT2D eigenvalue weighted by molar-refractivity contribution is 5.79. The summed E-state index contributed by atoms with van der Waals surface area (Å²) in [7, 11) is 3.49. The van der Waals surface area contributed by atoms with Crippen molar-refractivity contribution in [1.29, 1.82) is 0 Å². The molecule has 2 N–H and O–H groups in total. The van der Waals surface area contributed by atoms with Crippen LogP contribution in [0.25, 0.3) is 0 Å². The number of aliphatic imine (C=N–C) groups is 1. The van der Waals surface area contributed by atoms with Crippen LogP contribution in [0.5, 0.6) is 5.75 Å². The van der Waals surface area contributed by atoms with Gasteiger partial charge in [0.05, 0.1) is 13.2 Å². The molecule has 0 aromatic heterocycles. The summed E-state index contributed by atoms with van der Waals surface area (Å²) in [5, 5.41) is 6.65. The Balaban J connectivity index is 1.71. The normalized spacial score (nSPS) is 19.4. The number of nitrogens with zero attached hydrogens (tertiary/aromatic N) is 2. The van der Waals surface area contributed by atoms with Crippen molar-refractivity contribution in [1.82, 2.24) is 15.5 Å². The fraction of sp³-hybridized carbons (Fsp3) is 0.632. The van der Waals surface area contributed by atoms with Crippen LogP contribution in [0.15, 0.2) is 29.3 Å². The molecule has 1 aliphatic rings. The number of rotatable bonds is 9. The Hall–Kier alpha value is -1.86. The standard InChI is InChI=1S/C19H31FN4O2/c1-15(26-18-8-4-6-16(20)12-18)13-22-19(21-2)23-14-17-7-5-9-24(17)10-11-25-3/h4,6,8,12,15,17H,5,7,9-11,13-14H2,1-3H3,(H2,21,22,23). The number of nitrogens with one attached hydrogen (secondary N) is 2. The lowest BCUT2D eigenvalue weighted by Crippen LogP contribution is -2.47. The fourth-order valence-corrected chi connectivity index (χ4v) is 3.12. The lowest BCUT2D eigenvalue weighted by molar-refractivity contribution is 0.141. The van der Waals surface area contributed by atoms with Gasteiger partial charge in [0.25, 0.3) is 0 Å². The second kappa shape index (κ2) is 11.0. The predicted octanol–water partition coefficient (Wildman–Crippen LogP) is 1.87. The monoisotopic (exact) mass is 366 g/mol. The number of ether oxygens (including phenoxy) is 2. The third kappa shape index (κ3) is 6.80. The number of methoxy groups -OCH3 is 1. The Morgan fingerprint density at radius 3 is 3.00 bits per heavy atom. The van der Waals surface area contributed by atoms with Gasteiger partial charge in [-0.15, -0.1) is 0 Å². The lowest BCUT2D eigenvalue weighted by Gasteiger charge is -2.25. The van der Waals surface area contributed by atoms with Gasteiger partial charge in [-0.3, -0.25) is 9.89 Å². The van der Waals surface area contributed by atoms with Crippen molar-refractivity contribution in [2.45, 2.75) is 31.9 Å². The summed E-state index contributed by atoms with van der Waals surface area (Å²) < 4.78 is 24.1. The first-order chi connectivity index (χ1) is 12.6. The van der Waals surface area contributed by atoms with Gasteiger partial charge in [-0.2, -0.15) is 0 Å². The van der Waals surface area contributed by atoms with Gasteiger partial charge in [0, 0.05) is 39.4 Å². The van der Waals surface area contributed by atoms with Gasteiger partial charge in [-0.25, -0.2) is 4.39 Å². The van der Waals surface area contributed by atoms with E-state index in [1.165, 1.54) is 25.0 Å². The summed E-state index contributed by atoms with van der Waals surface area (Å²) in [5.74, 6) is 0.981. The molecule has 0 radical (unpaired) electrons. The molecule has 7 heteroatoms. The van der Waals surface area contributed by atoms with Crippen LogP contribution in [0.4, 0.5) is 4.39 Å². The van der Waals surface area contributed by atoms with E-state index in [1.807, 2.05) is 6.92 Å². The van der Waals surface area contributed by atoms with Crippen molar-refractivity contribution >= 4 is 5.96 Å². The number of guanidine groups is 1. The summed E-state index contributed by atoms with van der Waals surface area (Å²) in [4.78, 5) is 6.72. The van der Waals surface area contributed by atoms with E-state index in [1.54, 1.807) is 26.3 Å². The molecule has 2 rings (SSSR count). The van der Waals surface area contributed by atoms with E-state index in [0.29, 0.717) is 18.3 Å². The zero-order chi connectivity index (χ0) is 18.8. The van der Waals surface area contributed by atoms with Crippen molar-refractivity contribution in [3.05, 3.63) is 30.1 Å².